The lowest BCUT2D eigenvalue weighted by Crippen LogP contribution is -2.49. The van der Waals surface area contributed by atoms with Gasteiger partial charge in [0.15, 0.2) is 0 Å². The Kier molecular flexibility index (Phi) is 6.62. The van der Waals surface area contributed by atoms with Gasteiger partial charge in [0, 0.05) is 19.2 Å². The maximum Gasteiger partial charge on any atom is 0.266 e. The number of aliphatic hydroxyl groups excluding tert-OH is 1. The molecule has 2 aliphatic heterocycles. The molecule has 0 radical (unpaired) electrons. The fourth-order valence-electron chi connectivity index (χ4n) is 3.35. The molecule has 2 amide bonds. The average molecular weight is 409 g/mol. The van der Waals surface area contributed by atoms with Crippen molar-refractivity contribution in [3.05, 3.63) is 40.6 Å². The summed E-state index contributed by atoms with van der Waals surface area (Å²) in [6.07, 6.45) is 5.04. The molecule has 1 aromatic rings. The van der Waals surface area contributed by atoms with Crippen molar-refractivity contribution in [2.24, 2.45) is 0 Å². The normalized spacial score (nSPS) is 22.0. The van der Waals surface area contributed by atoms with Gasteiger partial charge in [-0.2, -0.15) is 0 Å². The van der Waals surface area contributed by atoms with E-state index in [2.05, 4.69) is 0 Å². The predicted octanol–water partition coefficient (Wildman–Crippen LogP) is 2.79. The molecule has 0 aliphatic carbocycles. The van der Waals surface area contributed by atoms with Gasteiger partial charge in [-0.05, 0) is 49.5 Å². The molecule has 1 N–H and O–H groups in total. The Balaban J connectivity index is 1.69. The summed E-state index contributed by atoms with van der Waals surface area (Å²) in [6.45, 7) is 0.590. The minimum absolute atomic E-state index is 0.0180. The van der Waals surface area contributed by atoms with Gasteiger partial charge in [0.05, 0.1) is 4.91 Å². The number of aliphatic hydroxyl groups is 1. The number of thioether (sulfide) groups is 1. The first-order valence-corrected chi connectivity index (χ1v) is 10.1. The van der Waals surface area contributed by atoms with E-state index in [1.165, 1.54) is 17.0 Å². The number of rotatable bonds is 5. The molecule has 0 saturated carbocycles. The summed E-state index contributed by atoms with van der Waals surface area (Å²) in [5, 5.41) is 9.22. The third kappa shape index (κ3) is 4.75. The highest BCUT2D eigenvalue weighted by molar-refractivity contribution is 8.26. The Hall–Kier alpha value is -1.77. The second kappa shape index (κ2) is 8.95. The number of piperidine rings is 1. The summed E-state index contributed by atoms with van der Waals surface area (Å²) in [6, 6.07) is 5.84. The molecular weight excluding hydrogens is 387 g/mol. The van der Waals surface area contributed by atoms with Crippen molar-refractivity contribution in [2.45, 2.75) is 31.7 Å². The van der Waals surface area contributed by atoms with E-state index in [-0.39, 0.29) is 36.8 Å². The standard InChI is InChI=1S/C19H21FN2O3S2/c20-14-6-4-13(5-7-14)11-16-18(25)22(19(26)27-16)12-17(24)21-9-2-1-3-15(21)8-10-23/h4-7,11,15,23H,1-3,8-10,12H2/b16-11-/t15-/m1/s1. The van der Waals surface area contributed by atoms with Crippen LogP contribution in [0.3, 0.4) is 0 Å². The van der Waals surface area contributed by atoms with Crippen molar-refractivity contribution >= 4 is 46.2 Å². The van der Waals surface area contributed by atoms with Crippen molar-refractivity contribution in [3.8, 4) is 0 Å². The molecule has 8 heteroatoms. The van der Waals surface area contributed by atoms with Crippen LogP contribution in [-0.2, 0) is 9.59 Å². The molecule has 3 rings (SSSR count). The average Bonchev–Trinajstić information content (AvgIpc) is 2.91. The number of benzene rings is 1. The van der Waals surface area contributed by atoms with Gasteiger partial charge < -0.3 is 10.0 Å². The number of hydrogen-bond donors (Lipinski definition) is 1. The van der Waals surface area contributed by atoms with E-state index in [4.69, 9.17) is 12.2 Å². The summed E-state index contributed by atoms with van der Waals surface area (Å²) >= 11 is 6.43. The van der Waals surface area contributed by atoms with Crippen molar-refractivity contribution in [1.29, 1.82) is 0 Å². The highest BCUT2D eigenvalue weighted by Gasteiger charge is 2.36. The van der Waals surface area contributed by atoms with Gasteiger partial charge >= 0.3 is 0 Å². The van der Waals surface area contributed by atoms with Gasteiger partial charge in [-0.3, -0.25) is 14.5 Å². The Morgan fingerprint density at radius 3 is 2.78 bits per heavy atom. The van der Waals surface area contributed by atoms with Crippen LogP contribution in [0.4, 0.5) is 4.39 Å². The molecule has 27 heavy (non-hydrogen) atoms. The second-order valence-corrected chi connectivity index (χ2v) is 8.24. The Morgan fingerprint density at radius 1 is 1.33 bits per heavy atom. The fraction of sp³-hybridized carbons (Fsp3) is 0.421. The first-order chi connectivity index (χ1) is 13.0. The summed E-state index contributed by atoms with van der Waals surface area (Å²) < 4.78 is 13.4. The molecule has 144 valence electrons. The molecule has 2 saturated heterocycles. The topological polar surface area (TPSA) is 60.9 Å². The molecule has 2 aliphatic rings. The second-order valence-electron chi connectivity index (χ2n) is 6.57. The van der Waals surface area contributed by atoms with Crippen LogP contribution in [0.25, 0.3) is 6.08 Å². The minimum Gasteiger partial charge on any atom is -0.396 e. The van der Waals surface area contributed by atoms with E-state index >= 15 is 0 Å². The number of hydrogen-bond acceptors (Lipinski definition) is 5. The van der Waals surface area contributed by atoms with Gasteiger partial charge in [-0.25, -0.2) is 4.39 Å². The van der Waals surface area contributed by atoms with Crippen LogP contribution < -0.4 is 0 Å². The van der Waals surface area contributed by atoms with Crippen LogP contribution in [0.15, 0.2) is 29.2 Å². The van der Waals surface area contributed by atoms with Gasteiger partial charge in [0.25, 0.3) is 5.91 Å². The molecule has 0 spiro atoms. The molecule has 1 aromatic carbocycles. The number of halogens is 1. The number of amides is 2. The van der Waals surface area contributed by atoms with Crippen LogP contribution in [0, 0.1) is 5.82 Å². The Bertz CT molecular complexity index is 765. The van der Waals surface area contributed by atoms with Crippen molar-refractivity contribution < 1.29 is 19.1 Å². The Morgan fingerprint density at radius 2 is 2.07 bits per heavy atom. The van der Waals surface area contributed by atoms with Crippen LogP contribution >= 0.6 is 24.0 Å². The van der Waals surface area contributed by atoms with Crippen molar-refractivity contribution in [1.82, 2.24) is 9.80 Å². The van der Waals surface area contributed by atoms with Gasteiger partial charge in [0.1, 0.15) is 16.7 Å². The lowest BCUT2D eigenvalue weighted by atomic mass is 9.99. The molecule has 2 fully saturated rings. The third-order valence-electron chi connectivity index (χ3n) is 4.74. The number of carbonyl (C=O) groups is 2. The van der Waals surface area contributed by atoms with Crippen molar-refractivity contribution in [2.75, 3.05) is 19.7 Å². The zero-order chi connectivity index (χ0) is 19.4. The smallest absolute Gasteiger partial charge is 0.266 e. The van der Waals surface area contributed by atoms with E-state index in [1.54, 1.807) is 23.1 Å². The summed E-state index contributed by atoms with van der Waals surface area (Å²) in [7, 11) is 0. The molecule has 0 bridgehead atoms. The minimum atomic E-state index is -0.343. The summed E-state index contributed by atoms with van der Waals surface area (Å²) in [4.78, 5) is 28.9. The van der Waals surface area contributed by atoms with Crippen LogP contribution in [0.2, 0.25) is 0 Å². The van der Waals surface area contributed by atoms with Gasteiger partial charge in [-0.15, -0.1) is 0 Å². The molecule has 0 unspecified atom stereocenters. The largest absolute Gasteiger partial charge is 0.396 e. The van der Waals surface area contributed by atoms with E-state index < -0.39 is 0 Å². The molecule has 1 atom stereocenters. The predicted molar refractivity (Wildman–Crippen MR) is 107 cm³/mol. The molecule has 5 nitrogen and oxygen atoms in total. The van der Waals surface area contributed by atoms with E-state index in [0.717, 1.165) is 31.0 Å². The SMILES string of the molecule is O=C1/C(=C/c2ccc(F)cc2)SC(=S)N1CC(=O)N1CCCC[C@@H]1CCO. The number of thiocarbonyl (C=S) groups is 1. The van der Waals surface area contributed by atoms with E-state index in [0.29, 0.717) is 27.8 Å². The highest BCUT2D eigenvalue weighted by Crippen LogP contribution is 2.33. The van der Waals surface area contributed by atoms with Gasteiger partial charge in [-0.1, -0.05) is 36.1 Å². The number of likely N-dealkylation sites (tertiary alicyclic amines) is 1. The zero-order valence-corrected chi connectivity index (χ0v) is 16.4. The first kappa shape index (κ1) is 20.0. The lowest BCUT2D eigenvalue weighted by Gasteiger charge is -2.36. The number of nitrogens with zero attached hydrogens (tertiary/aromatic N) is 2. The van der Waals surface area contributed by atoms with E-state index in [9.17, 15) is 19.1 Å². The van der Waals surface area contributed by atoms with Crippen LogP contribution in [0.1, 0.15) is 31.2 Å². The third-order valence-corrected chi connectivity index (χ3v) is 6.12. The van der Waals surface area contributed by atoms with Crippen LogP contribution in [-0.4, -0.2) is 56.8 Å². The lowest BCUT2D eigenvalue weighted by molar-refractivity contribution is -0.138. The highest BCUT2D eigenvalue weighted by atomic mass is 32.2. The zero-order valence-electron chi connectivity index (χ0n) is 14.8. The quantitative estimate of drug-likeness (QED) is 0.600. The first-order valence-electron chi connectivity index (χ1n) is 8.91. The maximum atomic E-state index is 13.0. The van der Waals surface area contributed by atoms with E-state index in [1.807, 2.05) is 0 Å². The van der Waals surface area contributed by atoms with Crippen LogP contribution in [0.5, 0.6) is 0 Å². The number of carbonyl (C=O) groups excluding carboxylic acids is 2. The monoisotopic (exact) mass is 408 g/mol. The fourth-order valence-corrected chi connectivity index (χ4v) is 4.61. The molecule has 2 heterocycles. The molecular formula is C19H21FN2O3S2. The van der Waals surface area contributed by atoms with Crippen molar-refractivity contribution in [3.63, 3.8) is 0 Å². The maximum absolute atomic E-state index is 13.0. The molecule has 0 aromatic heterocycles. The van der Waals surface area contributed by atoms with Gasteiger partial charge in [0.2, 0.25) is 5.91 Å². The summed E-state index contributed by atoms with van der Waals surface area (Å²) in [5.74, 6) is -0.796. The Labute approximate surface area is 167 Å². The summed E-state index contributed by atoms with van der Waals surface area (Å²) in [5.41, 5.74) is 0.697.